The Kier molecular flexibility index (Phi) is 5.76. The van der Waals surface area contributed by atoms with E-state index in [0.29, 0.717) is 18.4 Å². The second-order valence-corrected chi connectivity index (χ2v) is 9.50. The van der Waals surface area contributed by atoms with Crippen molar-refractivity contribution in [2.24, 2.45) is 0 Å². The molecular weight excluding hydrogens is 380 g/mol. The van der Waals surface area contributed by atoms with E-state index in [1.165, 1.54) is 22.2 Å². The molecule has 1 N–H and O–H groups in total. The van der Waals surface area contributed by atoms with Gasteiger partial charge in [-0.3, -0.25) is 14.2 Å². The number of nitrogens with zero attached hydrogens (tertiary/aromatic N) is 3. The summed E-state index contributed by atoms with van der Waals surface area (Å²) in [7, 11) is 0. The van der Waals surface area contributed by atoms with Crippen molar-refractivity contribution in [2.45, 2.75) is 52.5 Å². The summed E-state index contributed by atoms with van der Waals surface area (Å²) in [5, 5.41) is 6.53. The highest BCUT2D eigenvalue weighted by Gasteiger charge is 2.17. The fourth-order valence-corrected chi connectivity index (χ4v) is 4.54. The largest absolute Gasteiger partial charge is 0.354 e. The van der Waals surface area contributed by atoms with Crippen molar-refractivity contribution >= 4 is 38.8 Å². The van der Waals surface area contributed by atoms with Gasteiger partial charge in [0, 0.05) is 28.6 Å². The molecule has 3 aromatic rings. The van der Waals surface area contributed by atoms with E-state index >= 15 is 0 Å². The maximum atomic E-state index is 12.5. The molecule has 3 heterocycles. The van der Waals surface area contributed by atoms with Crippen molar-refractivity contribution < 1.29 is 4.79 Å². The number of aromatic nitrogens is 3. The number of carbonyl (C=O) groups excluding carboxylic acids is 1. The molecule has 1 amide bonds. The minimum absolute atomic E-state index is 0.0236. The number of hydrogen-bond acceptors (Lipinski definition) is 6. The number of hydrogen-bond donors (Lipinski definition) is 1. The van der Waals surface area contributed by atoms with Crippen LogP contribution in [0.15, 0.2) is 22.6 Å². The second-order valence-electron chi connectivity index (χ2n) is 7.44. The zero-order chi connectivity index (χ0) is 19.6. The van der Waals surface area contributed by atoms with Crippen LogP contribution in [-0.4, -0.2) is 27.0 Å². The Hall–Kier alpha value is -2.06. The average molecular weight is 405 g/mol. The molecule has 0 unspecified atom stereocenters. The van der Waals surface area contributed by atoms with E-state index in [2.05, 4.69) is 41.4 Å². The number of aryl methyl sites for hydroxylation is 1. The highest BCUT2D eigenvalue weighted by atomic mass is 32.1. The van der Waals surface area contributed by atoms with E-state index in [-0.39, 0.29) is 23.4 Å². The highest BCUT2D eigenvalue weighted by molar-refractivity contribution is 7.18. The van der Waals surface area contributed by atoms with Gasteiger partial charge in [0.1, 0.15) is 11.4 Å². The zero-order valence-corrected chi connectivity index (χ0v) is 17.7. The Morgan fingerprint density at radius 2 is 2.11 bits per heavy atom. The van der Waals surface area contributed by atoms with Gasteiger partial charge in [0.05, 0.1) is 22.4 Å². The maximum absolute atomic E-state index is 12.5. The van der Waals surface area contributed by atoms with Gasteiger partial charge in [-0.25, -0.2) is 9.97 Å². The molecule has 0 fully saturated rings. The zero-order valence-electron chi connectivity index (χ0n) is 16.0. The van der Waals surface area contributed by atoms with Crippen LogP contribution in [0.2, 0.25) is 0 Å². The van der Waals surface area contributed by atoms with Crippen molar-refractivity contribution in [3.05, 3.63) is 43.7 Å². The Morgan fingerprint density at radius 1 is 1.33 bits per heavy atom. The maximum Gasteiger partial charge on any atom is 0.262 e. The smallest absolute Gasteiger partial charge is 0.262 e. The summed E-state index contributed by atoms with van der Waals surface area (Å²) in [5.74, 6) is -0.197. The fraction of sp³-hybridized carbons (Fsp3) is 0.474. The first kappa shape index (κ1) is 19.7. The van der Waals surface area contributed by atoms with Gasteiger partial charge in [0.25, 0.3) is 5.56 Å². The van der Waals surface area contributed by atoms with Crippen molar-refractivity contribution in [1.29, 1.82) is 0 Å². The van der Waals surface area contributed by atoms with E-state index < -0.39 is 0 Å². The number of amides is 1. The minimum atomic E-state index is -0.197. The number of nitrogens with one attached hydrogen (secondary N) is 1. The number of thiazole rings is 1. The fourth-order valence-electron chi connectivity index (χ4n) is 2.59. The Bertz CT molecular complexity index is 1010. The normalized spacial score (nSPS) is 11.9. The molecule has 27 heavy (non-hydrogen) atoms. The molecule has 0 aliphatic carbocycles. The van der Waals surface area contributed by atoms with Crippen LogP contribution in [0.5, 0.6) is 0 Å². The quantitative estimate of drug-likeness (QED) is 0.685. The van der Waals surface area contributed by atoms with Crippen LogP contribution in [0.4, 0.5) is 0 Å². The van der Waals surface area contributed by atoms with Crippen molar-refractivity contribution in [2.75, 3.05) is 6.54 Å². The van der Waals surface area contributed by atoms with E-state index in [1.807, 2.05) is 13.0 Å². The summed E-state index contributed by atoms with van der Waals surface area (Å²) in [5.41, 5.74) is 0.937. The van der Waals surface area contributed by atoms with Crippen LogP contribution in [0.3, 0.4) is 0 Å². The summed E-state index contributed by atoms with van der Waals surface area (Å²) >= 11 is 3.14. The lowest BCUT2D eigenvalue weighted by Crippen LogP contribution is -2.33. The van der Waals surface area contributed by atoms with Gasteiger partial charge >= 0.3 is 0 Å². The molecule has 0 aromatic carbocycles. The molecule has 0 aliphatic rings. The molecule has 144 valence electrons. The average Bonchev–Trinajstić information content (AvgIpc) is 3.24. The van der Waals surface area contributed by atoms with Gasteiger partial charge in [-0.15, -0.1) is 22.7 Å². The number of fused-ring (bicyclic) bond motifs is 1. The van der Waals surface area contributed by atoms with Crippen LogP contribution >= 0.6 is 22.7 Å². The Balaban J connectivity index is 1.58. The summed E-state index contributed by atoms with van der Waals surface area (Å²) < 4.78 is 1.37. The van der Waals surface area contributed by atoms with E-state index in [9.17, 15) is 9.59 Å². The monoisotopic (exact) mass is 404 g/mol. The van der Waals surface area contributed by atoms with Gasteiger partial charge in [-0.05, 0) is 12.5 Å². The first-order valence-electron chi connectivity index (χ1n) is 8.97. The molecule has 3 rings (SSSR count). The molecule has 6 nitrogen and oxygen atoms in total. The third-order valence-corrected chi connectivity index (χ3v) is 6.31. The van der Waals surface area contributed by atoms with E-state index in [0.717, 1.165) is 26.8 Å². The van der Waals surface area contributed by atoms with Crippen LogP contribution in [0, 0.1) is 0 Å². The lowest BCUT2D eigenvalue weighted by Gasteiger charge is -2.14. The first-order valence-corrected chi connectivity index (χ1v) is 10.7. The van der Waals surface area contributed by atoms with Gasteiger partial charge in [0.2, 0.25) is 5.91 Å². The van der Waals surface area contributed by atoms with Crippen molar-refractivity contribution in [1.82, 2.24) is 19.9 Å². The molecule has 0 radical (unpaired) electrons. The summed E-state index contributed by atoms with van der Waals surface area (Å²) in [6.45, 7) is 8.92. The van der Waals surface area contributed by atoms with Crippen molar-refractivity contribution in [3.63, 3.8) is 0 Å². The van der Waals surface area contributed by atoms with Gasteiger partial charge in [-0.1, -0.05) is 27.7 Å². The molecule has 8 heteroatoms. The van der Waals surface area contributed by atoms with Crippen LogP contribution in [-0.2, 0) is 29.6 Å². The topological polar surface area (TPSA) is 76.9 Å². The predicted molar refractivity (Wildman–Crippen MR) is 111 cm³/mol. The summed E-state index contributed by atoms with van der Waals surface area (Å²) in [6.07, 6.45) is 3.01. The SMILES string of the molecule is CCc1cc2c(=O)n(CC(=O)NCCc3nc(C(C)(C)C)cs3)cnc2s1. The molecule has 0 saturated heterocycles. The molecule has 0 spiro atoms. The lowest BCUT2D eigenvalue weighted by atomic mass is 9.93. The van der Waals surface area contributed by atoms with E-state index in [1.54, 1.807) is 11.3 Å². The van der Waals surface area contributed by atoms with Gasteiger partial charge in [0.15, 0.2) is 0 Å². The standard InChI is InChI=1S/C19H24N4O2S2/c1-5-12-8-13-17(27-12)21-11-23(18(13)25)9-15(24)20-7-6-16-22-14(10-26-16)19(2,3)4/h8,10-11H,5-7,9H2,1-4H3,(H,20,24). The van der Waals surface area contributed by atoms with Crippen LogP contribution in [0.1, 0.15) is 43.3 Å². The van der Waals surface area contributed by atoms with Crippen LogP contribution < -0.4 is 10.9 Å². The molecule has 0 bridgehead atoms. The van der Waals surface area contributed by atoms with E-state index in [4.69, 9.17) is 0 Å². The third-order valence-electron chi connectivity index (χ3n) is 4.21. The molecule has 3 aromatic heterocycles. The van der Waals surface area contributed by atoms with Crippen molar-refractivity contribution in [3.8, 4) is 0 Å². The minimum Gasteiger partial charge on any atom is -0.354 e. The Morgan fingerprint density at radius 3 is 2.78 bits per heavy atom. The Labute approximate surface area is 166 Å². The number of carbonyl (C=O) groups is 1. The highest BCUT2D eigenvalue weighted by Crippen LogP contribution is 2.24. The second kappa shape index (κ2) is 7.90. The molecule has 0 saturated carbocycles. The summed E-state index contributed by atoms with van der Waals surface area (Å²) in [4.78, 5) is 35.5. The number of rotatable bonds is 6. The molecule has 0 aliphatic heterocycles. The van der Waals surface area contributed by atoms with Crippen LogP contribution in [0.25, 0.3) is 10.2 Å². The van der Waals surface area contributed by atoms with Gasteiger partial charge in [-0.2, -0.15) is 0 Å². The molecular formula is C19H24N4O2S2. The summed E-state index contributed by atoms with van der Waals surface area (Å²) in [6, 6.07) is 1.87. The van der Waals surface area contributed by atoms with Gasteiger partial charge < -0.3 is 5.32 Å². The number of thiophene rings is 1. The lowest BCUT2D eigenvalue weighted by molar-refractivity contribution is -0.121. The third kappa shape index (κ3) is 4.62. The first-order chi connectivity index (χ1) is 12.8. The molecule has 0 atom stereocenters. The predicted octanol–water partition coefficient (Wildman–Crippen LogP) is 3.13.